The first-order chi connectivity index (χ1) is 7.24. The molecule has 1 saturated heterocycles. The maximum atomic E-state index is 11.4. The molecule has 0 bridgehead atoms. The molecule has 2 atom stereocenters. The molecular formula is C12H20O3. The molecule has 0 aromatic rings. The summed E-state index contributed by atoms with van der Waals surface area (Å²) in [5.41, 5.74) is 0. The van der Waals surface area contributed by atoms with E-state index in [2.05, 4.69) is 6.92 Å². The second-order valence-corrected chi connectivity index (χ2v) is 4.90. The van der Waals surface area contributed by atoms with Crippen molar-refractivity contribution in [2.24, 2.45) is 11.8 Å². The fraction of sp³-hybridized carbons (Fsp3) is 0.917. The Morgan fingerprint density at radius 2 is 1.93 bits per heavy atom. The van der Waals surface area contributed by atoms with Crippen molar-refractivity contribution in [1.82, 2.24) is 0 Å². The Morgan fingerprint density at radius 1 is 1.20 bits per heavy atom. The second kappa shape index (κ2) is 5.08. The maximum Gasteiger partial charge on any atom is 0.157 e. The number of ketones is 1. The Kier molecular flexibility index (Phi) is 3.76. The van der Waals surface area contributed by atoms with Crippen molar-refractivity contribution in [2.75, 3.05) is 13.2 Å². The highest BCUT2D eigenvalue weighted by Gasteiger charge is 2.26. The Hall–Kier alpha value is -0.410. The Labute approximate surface area is 91.1 Å². The van der Waals surface area contributed by atoms with Gasteiger partial charge in [0.25, 0.3) is 0 Å². The van der Waals surface area contributed by atoms with Crippen molar-refractivity contribution in [2.45, 2.75) is 45.3 Å². The fourth-order valence-corrected chi connectivity index (χ4v) is 2.70. The molecule has 15 heavy (non-hydrogen) atoms. The minimum absolute atomic E-state index is 0.00247. The van der Waals surface area contributed by atoms with Crippen LogP contribution in [0.25, 0.3) is 0 Å². The van der Waals surface area contributed by atoms with E-state index in [0.717, 1.165) is 38.9 Å². The van der Waals surface area contributed by atoms with E-state index in [1.165, 1.54) is 6.42 Å². The molecule has 0 amide bonds. The van der Waals surface area contributed by atoms with Gasteiger partial charge in [-0.3, -0.25) is 4.79 Å². The van der Waals surface area contributed by atoms with Crippen LogP contribution >= 0.6 is 0 Å². The fourth-order valence-electron chi connectivity index (χ4n) is 2.70. The van der Waals surface area contributed by atoms with Gasteiger partial charge in [-0.2, -0.15) is 0 Å². The van der Waals surface area contributed by atoms with Gasteiger partial charge in [-0.15, -0.1) is 0 Å². The van der Waals surface area contributed by atoms with E-state index in [9.17, 15) is 4.79 Å². The van der Waals surface area contributed by atoms with Crippen LogP contribution in [0.5, 0.6) is 0 Å². The largest absolute Gasteiger partial charge is 0.350 e. The zero-order valence-corrected chi connectivity index (χ0v) is 9.41. The monoisotopic (exact) mass is 212 g/mol. The van der Waals surface area contributed by atoms with E-state index in [1.54, 1.807) is 0 Å². The predicted octanol–water partition coefficient (Wildman–Crippen LogP) is 2.14. The topological polar surface area (TPSA) is 35.5 Å². The van der Waals surface area contributed by atoms with Gasteiger partial charge in [-0.25, -0.2) is 0 Å². The molecule has 2 aliphatic rings. The van der Waals surface area contributed by atoms with Crippen LogP contribution in [0.15, 0.2) is 0 Å². The van der Waals surface area contributed by atoms with Crippen molar-refractivity contribution in [3.63, 3.8) is 0 Å². The molecule has 1 aliphatic heterocycles. The molecule has 86 valence electrons. The molecule has 3 heteroatoms. The van der Waals surface area contributed by atoms with E-state index in [4.69, 9.17) is 9.47 Å². The summed E-state index contributed by atoms with van der Waals surface area (Å²) < 4.78 is 10.8. The van der Waals surface area contributed by atoms with Crippen molar-refractivity contribution in [3.05, 3.63) is 0 Å². The zero-order chi connectivity index (χ0) is 10.7. The number of hydrogen-bond acceptors (Lipinski definition) is 3. The van der Waals surface area contributed by atoms with Crippen LogP contribution in [-0.4, -0.2) is 25.3 Å². The lowest BCUT2D eigenvalue weighted by atomic mass is 9.79. The normalized spacial score (nSPS) is 33.5. The van der Waals surface area contributed by atoms with Crippen LogP contribution in [-0.2, 0) is 14.3 Å². The van der Waals surface area contributed by atoms with Gasteiger partial charge < -0.3 is 9.47 Å². The number of Topliss-reactive ketones (excluding diaryl/α,β-unsaturated/α-hetero) is 1. The van der Waals surface area contributed by atoms with Gasteiger partial charge in [0, 0.05) is 12.8 Å². The summed E-state index contributed by atoms with van der Waals surface area (Å²) >= 11 is 0. The SMILES string of the molecule is C[C@@H]1CC(=O)C[C@@H](CCC2OCCO2)C1. The molecule has 2 fully saturated rings. The van der Waals surface area contributed by atoms with Crippen molar-refractivity contribution >= 4 is 5.78 Å². The number of carbonyl (C=O) groups is 1. The third-order valence-corrected chi connectivity index (χ3v) is 3.33. The molecular weight excluding hydrogens is 192 g/mol. The van der Waals surface area contributed by atoms with Crippen LogP contribution in [0.1, 0.15) is 39.0 Å². The zero-order valence-electron chi connectivity index (χ0n) is 9.41. The third-order valence-electron chi connectivity index (χ3n) is 3.33. The van der Waals surface area contributed by atoms with E-state index < -0.39 is 0 Å². The molecule has 1 saturated carbocycles. The van der Waals surface area contributed by atoms with Crippen LogP contribution in [0.4, 0.5) is 0 Å². The minimum atomic E-state index is -0.00247. The van der Waals surface area contributed by atoms with E-state index >= 15 is 0 Å². The molecule has 0 unspecified atom stereocenters. The van der Waals surface area contributed by atoms with Gasteiger partial charge in [0.2, 0.25) is 0 Å². The molecule has 0 spiro atoms. The van der Waals surface area contributed by atoms with Gasteiger partial charge in [0.1, 0.15) is 5.78 Å². The summed E-state index contributed by atoms with van der Waals surface area (Å²) in [4.78, 5) is 11.4. The molecule has 1 aliphatic carbocycles. The predicted molar refractivity (Wildman–Crippen MR) is 56.4 cm³/mol. The highest BCUT2D eigenvalue weighted by molar-refractivity contribution is 5.79. The average molecular weight is 212 g/mol. The lowest BCUT2D eigenvalue weighted by Gasteiger charge is -2.26. The number of rotatable bonds is 3. The van der Waals surface area contributed by atoms with Gasteiger partial charge in [-0.1, -0.05) is 6.92 Å². The van der Waals surface area contributed by atoms with E-state index in [1.807, 2.05) is 0 Å². The molecule has 0 aromatic carbocycles. The first-order valence-electron chi connectivity index (χ1n) is 5.99. The molecule has 0 aromatic heterocycles. The van der Waals surface area contributed by atoms with Crippen molar-refractivity contribution in [3.8, 4) is 0 Å². The minimum Gasteiger partial charge on any atom is -0.350 e. The first kappa shape index (κ1) is 11.1. The highest BCUT2D eigenvalue weighted by Crippen LogP contribution is 2.30. The van der Waals surface area contributed by atoms with Gasteiger partial charge in [0.15, 0.2) is 6.29 Å². The number of hydrogen-bond donors (Lipinski definition) is 0. The van der Waals surface area contributed by atoms with Crippen LogP contribution in [0, 0.1) is 11.8 Å². The highest BCUT2D eigenvalue weighted by atomic mass is 16.7. The molecule has 0 N–H and O–H groups in total. The van der Waals surface area contributed by atoms with Crippen molar-refractivity contribution in [1.29, 1.82) is 0 Å². The first-order valence-corrected chi connectivity index (χ1v) is 5.99. The van der Waals surface area contributed by atoms with E-state index in [-0.39, 0.29) is 6.29 Å². The van der Waals surface area contributed by atoms with Gasteiger partial charge >= 0.3 is 0 Å². The summed E-state index contributed by atoms with van der Waals surface area (Å²) in [5.74, 6) is 1.57. The van der Waals surface area contributed by atoms with Gasteiger partial charge in [-0.05, 0) is 31.1 Å². The Bertz CT molecular complexity index is 221. The van der Waals surface area contributed by atoms with Crippen LogP contribution in [0.2, 0.25) is 0 Å². The summed E-state index contributed by atoms with van der Waals surface area (Å²) in [6.07, 6.45) is 4.77. The summed E-state index contributed by atoms with van der Waals surface area (Å²) in [5, 5.41) is 0. The molecule has 0 radical (unpaired) electrons. The quantitative estimate of drug-likeness (QED) is 0.719. The molecule has 1 heterocycles. The molecule has 3 nitrogen and oxygen atoms in total. The smallest absolute Gasteiger partial charge is 0.157 e. The Balaban J connectivity index is 1.71. The van der Waals surface area contributed by atoms with Crippen LogP contribution in [0.3, 0.4) is 0 Å². The molecule has 2 rings (SSSR count). The lowest BCUT2D eigenvalue weighted by Crippen LogP contribution is -2.22. The number of ether oxygens (including phenoxy) is 2. The van der Waals surface area contributed by atoms with Gasteiger partial charge in [0.05, 0.1) is 13.2 Å². The summed E-state index contributed by atoms with van der Waals surface area (Å²) in [6.45, 7) is 3.63. The third kappa shape index (κ3) is 3.28. The lowest BCUT2D eigenvalue weighted by molar-refractivity contribution is -0.123. The summed E-state index contributed by atoms with van der Waals surface area (Å²) in [7, 11) is 0. The van der Waals surface area contributed by atoms with Crippen molar-refractivity contribution < 1.29 is 14.3 Å². The Morgan fingerprint density at radius 3 is 2.60 bits per heavy atom. The van der Waals surface area contributed by atoms with E-state index in [0.29, 0.717) is 17.6 Å². The van der Waals surface area contributed by atoms with Crippen LogP contribution < -0.4 is 0 Å². The number of carbonyl (C=O) groups excluding carboxylic acids is 1. The average Bonchev–Trinajstić information content (AvgIpc) is 2.65. The second-order valence-electron chi connectivity index (χ2n) is 4.90. The standard InChI is InChI=1S/C12H20O3/c1-9-6-10(8-11(13)7-9)2-3-12-14-4-5-15-12/h9-10,12H,2-8H2,1H3/t9-,10-/m0/s1. The summed E-state index contributed by atoms with van der Waals surface area (Å²) in [6, 6.07) is 0. The maximum absolute atomic E-state index is 11.4.